The standard InChI is InChI=1S/C48H30N2/c1-4-12-34-27-37(18-17-31(34)9-1)38-21-24-42-46(30-38)50(40-23-20-33-11-3-6-14-36(33)29-40)45-26-25-44-47(48(42)45)41-15-7-8-16-43(41)49(44)39-22-19-32-10-2-5-13-35(32)28-39/h1-30H. The summed E-state index contributed by atoms with van der Waals surface area (Å²) in [5.41, 5.74) is 9.61. The van der Waals surface area contributed by atoms with Gasteiger partial charge in [0, 0.05) is 32.9 Å². The number of benzene rings is 9. The van der Waals surface area contributed by atoms with Crippen molar-refractivity contribution >= 4 is 75.9 Å². The van der Waals surface area contributed by atoms with Gasteiger partial charge in [0.15, 0.2) is 0 Å². The molecule has 0 bridgehead atoms. The maximum atomic E-state index is 2.48. The molecule has 0 aliphatic carbocycles. The lowest BCUT2D eigenvalue weighted by molar-refractivity contribution is 1.18. The Labute approximate surface area is 288 Å². The molecule has 0 atom stereocenters. The van der Waals surface area contributed by atoms with Crippen molar-refractivity contribution in [1.29, 1.82) is 0 Å². The molecule has 11 aromatic rings. The Morgan fingerprint density at radius 2 is 0.700 bits per heavy atom. The zero-order valence-electron chi connectivity index (χ0n) is 27.2. The Kier molecular flexibility index (Phi) is 5.70. The smallest absolute Gasteiger partial charge is 0.0548 e. The zero-order chi connectivity index (χ0) is 32.8. The van der Waals surface area contributed by atoms with Gasteiger partial charge in [-0.1, -0.05) is 127 Å². The highest BCUT2D eigenvalue weighted by Crippen LogP contribution is 2.43. The summed E-state index contributed by atoms with van der Waals surface area (Å²) >= 11 is 0. The molecule has 0 aliphatic rings. The van der Waals surface area contributed by atoms with Crippen molar-refractivity contribution in [3.8, 4) is 22.5 Å². The molecule has 2 heterocycles. The Hall–Kier alpha value is -6.64. The van der Waals surface area contributed by atoms with E-state index in [9.17, 15) is 0 Å². The summed E-state index contributed by atoms with van der Waals surface area (Å²) in [4.78, 5) is 0. The van der Waals surface area contributed by atoms with Crippen molar-refractivity contribution in [3.05, 3.63) is 182 Å². The van der Waals surface area contributed by atoms with Crippen LogP contribution in [0, 0.1) is 0 Å². The number of fused-ring (bicyclic) bond motifs is 10. The van der Waals surface area contributed by atoms with Gasteiger partial charge in [0.25, 0.3) is 0 Å². The number of rotatable bonds is 3. The Bertz CT molecular complexity index is 3160. The molecule has 0 fully saturated rings. The van der Waals surface area contributed by atoms with Crippen LogP contribution in [0.2, 0.25) is 0 Å². The highest BCUT2D eigenvalue weighted by molar-refractivity contribution is 6.29. The van der Waals surface area contributed by atoms with Crippen molar-refractivity contribution in [1.82, 2.24) is 9.13 Å². The average Bonchev–Trinajstić information content (AvgIpc) is 3.69. The van der Waals surface area contributed by atoms with Gasteiger partial charge in [-0.2, -0.15) is 0 Å². The van der Waals surface area contributed by atoms with Crippen LogP contribution in [-0.4, -0.2) is 9.13 Å². The maximum absolute atomic E-state index is 2.48. The number of aromatic nitrogens is 2. The molecular weight excluding hydrogens is 605 g/mol. The minimum absolute atomic E-state index is 1.16. The number of hydrogen-bond donors (Lipinski definition) is 0. The van der Waals surface area contributed by atoms with Gasteiger partial charge in [0.05, 0.1) is 22.1 Å². The number of para-hydroxylation sites is 1. The molecule has 0 spiro atoms. The molecule has 50 heavy (non-hydrogen) atoms. The predicted molar refractivity (Wildman–Crippen MR) is 213 cm³/mol. The topological polar surface area (TPSA) is 9.86 Å². The first-order valence-corrected chi connectivity index (χ1v) is 17.3. The quantitative estimate of drug-likeness (QED) is 0.183. The van der Waals surface area contributed by atoms with Crippen LogP contribution >= 0.6 is 0 Å². The minimum atomic E-state index is 1.16. The van der Waals surface area contributed by atoms with Crippen LogP contribution < -0.4 is 0 Å². The fourth-order valence-electron chi connectivity index (χ4n) is 8.30. The van der Waals surface area contributed by atoms with E-state index in [1.165, 1.54) is 92.7 Å². The average molecular weight is 635 g/mol. The van der Waals surface area contributed by atoms with Crippen LogP contribution in [0.15, 0.2) is 182 Å². The third-order valence-electron chi connectivity index (χ3n) is 10.6. The van der Waals surface area contributed by atoms with Crippen LogP contribution in [0.1, 0.15) is 0 Å². The second-order valence-corrected chi connectivity index (χ2v) is 13.4. The molecule has 0 N–H and O–H groups in total. The van der Waals surface area contributed by atoms with Crippen LogP contribution in [0.3, 0.4) is 0 Å². The highest BCUT2D eigenvalue weighted by Gasteiger charge is 2.21. The second-order valence-electron chi connectivity index (χ2n) is 13.4. The summed E-state index contributed by atoms with van der Waals surface area (Å²) in [5, 5.41) is 12.6. The Morgan fingerprint density at radius 1 is 0.260 bits per heavy atom. The minimum Gasteiger partial charge on any atom is -0.309 e. The first-order chi connectivity index (χ1) is 24.8. The Morgan fingerprint density at radius 3 is 1.32 bits per heavy atom. The molecule has 0 unspecified atom stereocenters. The van der Waals surface area contributed by atoms with Crippen molar-refractivity contribution < 1.29 is 0 Å². The molecule has 0 amide bonds. The van der Waals surface area contributed by atoms with Crippen LogP contribution in [0.5, 0.6) is 0 Å². The molecule has 9 aromatic carbocycles. The largest absolute Gasteiger partial charge is 0.309 e. The van der Waals surface area contributed by atoms with E-state index >= 15 is 0 Å². The first-order valence-electron chi connectivity index (χ1n) is 17.3. The summed E-state index contributed by atoms with van der Waals surface area (Å²) < 4.78 is 4.92. The van der Waals surface area contributed by atoms with E-state index < -0.39 is 0 Å². The normalized spacial score (nSPS) is 12.0. The van der Waals surface area contributed by atoms with Crippen LogP contribution in [-0.2, 0) is 0 Å². The monoisotopic (exact) mass is 634 g/mol. The maximum Gasteiger partial charge on any atom is 0.0548 e. The van der Waals surface area contributed by atoms with E-state index in [2.05, 4.69) is 191 Å². The van der Waals surface area contributed by atoms with Gasteiger partial charge >= 0.3 is 0 Å². The zero-order valence-corrected chi connectivity index (χ0v) is 27.2. The number of nitrogens with zero attached hydrogens (tertiary/aromatic N) is 2. The summed E-state index contributed by atoms with van der Waals surface area (Å²) in [6.45, 7) is 0. The molecule has 0 radical (unpaired) electrons. The van der Waals surface area contributed by atoms with E-state index in [0.29, 0.717) is 0 Å². The molecule has 2 aromatic heterocycles. The van der Waals surface area contributed by atoms with Gasteiger partial charge in [0.1, 0.15) is 0 Å². The molecular formula is C48H30N2. The molecule has 2 nitrogen and oxygen atoms in total. The first kappa shape index (κ1) is 27.3. The van der Waals surface area contributed by atoms with Gasteiger partial charge < -0.3 is 9.13 Å². The van der Waals surface area contributed by atoms with Gasteiger partial charge in [-0.05, 0) is 98.0 Å². The summed E-state index contributed by atoms with van der Waals surface area (Å²) in [5.74, 6) is 0. The van der Waals surface area contributed by atoms with Crippen molar-refractivity contribution in [3.63, 3.8) is 0 Å². The van der Waals surface area contributed by atoms with E-state index in [0.717, 1.165) is 5.69 Å². The van der Waals surface area contributed by atoms with Crippen LogP contribution in [0.25, 0.3) is 98.4 Å². The molecule has 0 aliphatic heterocycles. The lowest BCUT2D eigenvalue weighted by Gasteiger charge is -2.11. The fourth-order valence-corrected chi connectivity index (χ4v) is 8.30. The van der Waals surface area contributed by atoms with Gasteiger partial charge in [-0.3, -0.25) is 0 Å². The van der Waals surface area contributed by atoms with Crippen molar-refractivity contribution in [2.75, 3.05) is 0 Å². The van der Waals surface area contributed by atoms with E-state index in [-0.39, 0.29) is 0 Å². The van der Waals surface area contributed by atoms with E-state index in [1.54, 1.807) is 0 Å². The third-order valence-corrected chi connectivity index (χ3v) is 10.6. The highest BCUT2D eigenvalue weighted by atomic mass is 15.0. The molecule has 232 valence electrons. The lowest BCUT2D eigenvalue weighted by atomic mass is 9.99. The molecule has 0 saturated carbocycles. The summed E-state index contributed by atoms with van der Waals surface area (Å²) in [6.07, 6.45) is 0. The SMILES string of the molecule is c1ccc2cc(-c3ccc4c5c6c7ccccc7n(-c7ccc8ccccc8c7)c6ccc5n(-c5ccc6ccccc6c5)c4c3)ccc2c1. The molecule has 2 heteroatoms. The van der Waals surface area contributed by atoms with E-state index in [4.69, 9.17) is 0 Å². The summed E-state index contributed by atoms with van der Waals surface area (Å²) in [6, 6.07) is 66.9. The van der Waals surface area contributed by atoms with E-state index in [1.807, 2.05) is 0 Å². The third kappa shape index (κ3) is 3.96. The second kappa shape index (κ2) is 10.4. The van der Waals surface area contributed by atoms with Gasteiger partial charge in [0.2, 0.25) is 0 Å². The van der Waals surface area contributed by atoms with Gasteiger partial charge in [-0.15, -0.1) is 0 Å². The Balaban J connectivity index is 1.25. The lowest BCUT2D eigenvalue weighted by Crippen LogP contribution is -1.95. The molecule has 11 rings (SSSR count). The van der Waals surface area contributed by atoms with Gasteiger partial charge in [-0.25, -0.2) is 0 Å². The summed E-state index contributed by atoms with van der Waals surface area (Å²) in [7, 11) is 0. The van der Waals surface area contributed by atoms with Crippen molar-refractivity contribution in [2.24, 2.45) is 0 Å². The van der Waals surface area contributed by atoms with Crippen molar-refractivity contribution in [2.45, 2.75) is 0 Å². The molecule has 0 saturated heterocycles. The van der Waals surface area contributed by atoms with Crippen LogP contribution in [0.4, 0.5) is 0 Å². The fraction of sp³-hybridized carbons (Fsp3) is 0. The number of hydrogen-bond acceptors (Lipinski definition) is 0. The predicted octanol–water partition coefficient (Wildman–Crippen LogP) is 13.0.